The van der Waals surface area contributed by atoms with Crippen LogP contribution in [0.3, 0.4) is 0 Å². The fourth-order valence-electron chi connectivity index (χ4n) is 1.65. The van der Waals surface area contributed by atoms with E-state index in [1.807, 2.05) is 0 Å². The van der Waals surface area contributed by atoms with Gasteiger partial charge < -0.3 is 0 Å². The second kappa shape index (κ2) is 5.75. The lowest BCUT2D eigenvalue weighted by molar-refractivity contribution is -0.157. The van der Waals surface area contributed by atoms with Crippen LogP contribution in [0.25, 0.3) is 0 Å². The summed E-state index contributed by atoms with van der Waals surface area (Å²) in [7, 11) is 0. The van der Waals surface area contributed by atoms with Crippen molar-refractivity contribution in [3.05, 3.63) is 66.2 Å². The molecule has 2 aromatic rings. The summed E-state index contributed by atoms with van der Waals surface area (Å²) in [5.41, 5.74) is 1.52. The van der Waals surface area contributed by atoms with Gasteiger partial charge in [-0.05, 0) is 24.3 Å². The van der Waals surface area contributed by atoms with E-state index in [9.17, 15) is 18.0 Å². The number of hydrogen-bond acceptors (Lipinski definition) is 2. The molecule has 0 radical (unpaired) electrons. The van der Waals surface area contributed by atoms with Crippen molar-refractivity contribution in [2.24, 2.45) is 0 Å². The molecular weight excluding hydrogens is 269 g/mol. The molecule has 3 nitrogen and oxygen atoms in total. The number of benzene rings is 2. The number of para-hydroxylation sites is 1. The summed E-state index contributed by atoms with van der Waals surface area (Å²) in [5.74, 6) is -0.783. The summed E-state index contributed by atoms with van der Waals surface area (Å²) < 4.78 is 37.7. The molecule has 0 aliphatic heterocycles. The number of rotatable bonds is 3. The maximum absolute atomic E-state index is 12.6. The molecule has 0 atom stereocenters. The Bertz CT molecular complexity index is 570. The summed E-state index contributed by atoms with van der Waals surface area (Å²) in [5, 5.41) is 0.481. The molecule has 2 aromatic carbocycles. The number of hydrogen-bond donors (Lipinski definition) is 1. The highest BCUT2D eigenvalue weighted by atomic mass is 19.4. The van der Waals surface area contributed by atoms with Crippen molar-refractivity contribution in [2.75, 3.05) is 5.01 Å². The third-order valence-electron chi connectivity index (χ3n) is 2.48. The smallest absolute Gasteiger partial charge is 0.267 e. The van der Waals surface area contributed by atoms with Crippen LogP contribution in [0, 0.1) is 0 Å². The van der Waals surface area contributed by atoms with E-state index in [0.717, 1.165) is 0 Å². The Labute approximate surface area is 113 Å². The largest absolute Gasteiger partial charge is 0.475 e. The van der Waals surface area contributed by atoms with Gasteiger partial charge in [-0.15, -0.1) is 5.43 Å². The van der Waals surface area contributed by atoms with Crippen molar-refractivity contribution < 1.29 is 18.0 Å². The zero-order valence-electron chi connectivity index (χ0n) is 10.3. The third-order valence-corrected chi connectivity index (χ3v) is 2.48. The molecule has 0 aliphatic carbocycles. The van der Waals surface area contributed by atoms with Crippen molar-refractivity contribution in [2.45, 2.75) is 6.30 Å². The highest BCUT2D eigenvalue weighted by molar-refractivity contribution is 6.05. The van der Waals surface area contributed by atoms with Crippen LogP contribution in [-0.4, -0.2) is 12.2 Å². The second-order valence-electron chi connectivity index (χ2n) is 3.95. The van der Waals surface area contributed by atoms with Crippen molar-refractivity contribution in [3.63, 3.8) is 0 Å². The summed E-state index contributed by atoms with van der Waals surface area (Å²) in [6.07, 6.45) is -4.71. The van der Waals surface area contributed by atoms with E-state index in [1.54, 1.807) is 36.4 Å². The van der Waals surface area contributed by atoms with Gasteiger partial charge in [-0.25, -0.2) is 5.01 Å². The van der Waals surface area contributed by atoms with E-state index in [2.05, 4.69) is 0 Å². The zero-order valence-corrected chi connectivity index (χ0v) is 10.3. The lowest BCUT2D eigenvalue weighted by atomic mass is 10.2. The number of nitrogens with zero attached hydrogens (tertiary/aromatic N) is 1. The quantitative estimate of drug-likeness (QED) is 0.690. The van der Waals surface area contributed by atoms with Gasteiger partial charge in [0.25, 0.3) is 5.91 Å². The zero-order chi connectivity index (χ0) is 14.6. The molecule has 0 saturated carbocycles. The van der Waals surface area contributed by atoms with Crippen LogP contribution in [0.4, 0.5) is 18.9 Å². The van der Waals surface area contributed by atoms with Gasteiger partial charge in [-0.3, -0.25) is 4.79 Å². The minimum absolute atomic E-state index is 0.110. The topological polar surface area (TPSA) is 32.3 Å². The molecule has 0 aliphatic rings. The van der Waals surface area contributed by atoms with Crippen LogP contribution in [0.15, 0.2) is 60.7 Å². The predicted molar refractivity (Wildman–Crippen MR) is 68.9 cm³/mol. The van der Waals surface area contributed by atoms with Crippen molar-refractivity contribution in [1.29, 1.82) is 0 Å². The van der Waals surface area contributed by atoms with E-state index < -0.39 is 12.2 Å². The number of hydrazine groups is 1. The van der Waals surface area contributed by atoms with Gasteiger partial charge >= 0.3 is 6.30 Å². The van der Waals surface area contributed by atoms with Crippen LogP contribution in [0.1, 0.15) is 10.4 Å². The van der Waals surface area contributed by atoms with E-state index in [4.69, 9.17) is 0 Å². The molecule has 0 spiro atoms. The molecule has 2 rings (SSSR count). The minimum Gasteiger partial charge on any atom is -0.267 e. The van der Waals surface area contributed by atoms with Crippen molar-refractivity contribution in [3.8, 4) is 0 Å². The summed E-state index contributed by atoms with van der Waals surface area (Å²) in [6.45, 7) is 0. The maximum Gasteiger partial charge on any atom is 0.475 e. The Morgan fingerprint density at radius 2 is 1.40 bits per heavy atom. The van der Waals surface area contributed by atoms with Crippen LogP contribution in [-0.2, 0) is 0 Å². The number of amides is 1. The van der Waals surface area contributed by atoms with Gasteiger partial charge in [-0.2, -0.15) is 13.2 Å². The molecule has 0 aromatic heterocycles. The van der Waals surface area contributed by atoms with Crippen LogP contribution in [0.5, 0.6) is 0 Å². The minimum atomic E-state index is -4.71. The highest BCUT2D eigenvalue weighted by Crippen LogP contribution is 2.19. The molecule has 1 N–H and O–H groups in total. The van der Waals surface area contributed by atoms with Gasteiger partial charge in [0.2, 0.25) is 0 Å². The van der Waals surface area contributed by atoms with Crippen molar-refractivity contribution in [1.82, 2.24) is 5.43 Å². The van der Waals surface area contributed by atoms with Crippen LogP contribution < -0.4 is 10.4 Å². The summed E-state index contributed by atoms with van der Waals surface area (Å²) in [6, 6.07) is 15.4. The lowest BCUT2D eigenvalue weighted by Crippen LogP contribution is -2.50. The molecule has 20 heavy (non-hydrogen) atoms. The van der Waals surface area contributed by atoms with Gasteiger partial charge in [0.05, 0.1) is 5.69 Å². The Kier molecular flexibility index (Phi) is 4.05. The van der Waals surface area contributed by atoms with Gasteiger partial charge in [-0.1, -0.05) is 36.4 Å². The third kappa shape index (κ3) is 3.58. The Morgan fingerprint density at radius 3 is 1.90 bits per heavy atom. The van der Waals surface area contributed by atoms with Gasteiger partial charge in [0, 0.05) is 5.56 Å². The first-order valence-electron chi connectivity index (χ1n) is 5.76. The number of halogens is 3. The Balaban J connectivity index is 2.35. The molecule has 0 fully saturated rings. The standard InChI is InChI=1S/C14H11F3N2O/c15-14(16,17)18-19(12-9-5-2-6-10-12)13(20)11-7-3-1-4-8-11/h1-10,18H. The molecular formula is C14H11F3N2O. The van der Waals surface area contributed by atoms with Crippen LogP contribution >= 0.6 is 0 Å². The molecule has 0 bridgehead atoms. The summed E-state index contributed by atoms with van der Waals surface area (Å²) >= 11 is 0. The normalized spacial score (nSPS) is 11.2. The fourth-order valence-corrected chi connectivity index (χ4v) is 1.65. The number of carbonyl (C=O) groups excluding carboxylic acids is 1. The molecule has 0 saturated heterocycles. The molecule has 0 unspecified atom stereocenters. The predicted octanol–water partition coefficient (Wildman–Crippen LogP) is 3.36. The van der Waals surface area contributed by atoms with E-state index in [0.29, 0.717) is 5.01 Å². The molecule has 6 heteroatoms. The molecule has 1 amide bonds. The average molecular weight is 280 g/mol. The van der Waals surface area contributed by atoms with E-state index >= 15 is 0 Å². The average Bonchev–Trinajstić information content (AvgIpc) is 2.45. The number of carbonyl (C=O) groups is 1. The second-order valence-corrected chi connectivity index (χ2v) is 3.95. The number of alkyl halides is 3. The monoisotopic (exact) mass is 280 g/mol. The first-order valence-corrected chi connectivity index (χ1v) is 5.76. The lowest BCUT2D eigenvalue weighted by Gasteiger charge is -2.24. The first-order chi connectivity index (χ1) is 9.47. The molecule has 0 heterocycles. The highest BCUT2D eigenvalue weighted by Gasteiger charge is 2.33. The Hall–Kier alpha value is -2.34. The first kappa shape index (κ1) is 14.1. The Morgan fingerprint density at radius 1 is 0.900 bits per heavy atom. The molecule has 104 valence electrons. The SMILES string of the molecule is O=C(c1ccccc1)N(NC(F)(F)F)c1ccccc1. The van der Waals surface area contributed by atoms with E-state index in [-0.39, 0.29) is 11.3 Å². The summed E-state index contributed by atoms with van der Waals surface area (Å²) in [4.78, 5) is 12.2. The van der Waals surface area contributed by atoms with Crippen molar-refractivity contribution >= 4 is 11.6 Å². The fraction of sp³-hybridized carbons (Fsp3) is 0.0714. The van der Waals surface area contributed by atoms with Crippen LogP contribution in [0.2, 0.25) is 0 Å². The van der Waals surface area contributed by atoms with E-state index in [1.165, 1.54) is 29.7 Å². The number of nitrogens with one attached hydrogen (secondary N) is 1. The van der Waals surface area contributed by atoms with Gasteiger partial charge in [0.1, 0.15) is 0 Å². The maximum atomic E-state index is 12.6. The van der Waals surface area contributed by atoms with Gasteiger partial charge in [0.15, 0.2) is 0 Å². The number of anilines is 1.